The Morgan fingerprint density at radius 3 is 2.56 bits per heavy atom. The van der Waals surface area contributed by atoms with Crippen molar-refractivity contribution < 1.29 is 18.7 Å². The molecule has 1 N–H and O–H groups in total. The van der Waals surface area contributed by atoms with Crippen molar-refractivity contribution in [1.29, 1.82) is 0 Å². The number of hydrogen-bond acceptors (Lipinski definition) is 3. The van der Waals surface area contributed by atoms with Crippen molar-refractivity contribution in [2.75, 3.05) is 11.9 Å². The normalized spacial score (nSPS) is 15.5. The van der Waals surface area contributed by atoms with Crippen LogP contribution in [0.2, 0.25) is 0 Å². The fraction of sp³-hybridized carbons (Fsp3) is 0.231. The third-order valence-electron chi connectivity index (χ3n) is 5.46. The zero-order chi connectivity index (χ0) is 22.5. The van der Waals surface area contributed by atoms with Gasteiger partial charge >= 0.3 is 0 Å². The zero-order valence-electron chi connectivity index (χ0n) is 17.9. The van der Waals surface area contributed by atoms with Gasteiger partial charge in [-0.25, -0.2) is 4.39 Å². The van der Waals surface area contributed by atoms with Crippen molar-refractivity contribution >= 4 is 17.5 Å². The summed E-state index contributed by atoms with van der Waals surface area (Å²) in [5.74, 6) is 0.148. The number of carbonyl (C=O) groups is 2. The molecule has 0 spiro atoms. The number of ether oxygens (including phenoxy) is 1. The monoisotopic (exact) mass is 432 g/mol. The van der Waals surface area contributed by atoms with Gasteiger partial charge in [-0.05, 0) is 54.8 Å². The van der Waals surface area contributed by atoms with Crippen LogP contribution in [0.3, 0.4) is 0 Å². The first kappa shape index (κ1) is 21.6. The Kier molecular flexibility index (Phi) is 6.50. The molecule has 2 amide bonds. The highest BCUT2D eigenvalue weighted by molar-refractivity contribution is 5.92. The molecular weight excluding hydrogens is 407 g/mol. The summed E-state index contributed by atoms with van der Waals surface area (Å²) in [6.45, 7) is 2.60. The molecule has 6 heteroatoms. The van der Waals surface area contributed by atoms with Gasteiger partial charge < -0.3 is 15.0 Å². The number of halogens is 1. The number of nitrogens with one attached hydrogen (secondary N) is 1. The van der Waals surface area contributed by atoms with Gasteiger partial charge in [0.2, 0.25) is 5.91 Å². The van der Waals surface area contributed by atoms with Crippen LogP contribution in [0, 0.1) is 5.82 Å². The van der Waals surface area contributed by atoms with E-state index in [1.54, 1.807) is 36.1 Å². The van der Waals surface area contributed by atoms with Crippen LogP contribution in [0.15, 0.2) is 72.8 Å². The molecule has 4 rings (SSSR count). The third-order valence-corrected chi connectivity index (χ3v) is 5.46. The number of rotatable bonds is 6. The van der Waals surface area contributed by atoms with Gasteiger partial charge in [0, 0.05) is 24.3 Å². The first-order valence-electron chi connectivity index (χ1n) is 10.6. The number of anilines is 1. The first-order valence-corrected chi connectivity index (χ1v) is 10.6. The smallest absolute Gasteiger partial charge is 0.263 e. The van der Waals surface area contributed by atoms with Crippen molar-refractivity contribution in [3.63, 3.8) is 0 Å². The minimum atomic E-state index is -0.608. The predicted molar refractivity (Wildman–Crippen MR) is 121 cm³/mol. The largest absolute Gasteiger partial charge is 0.481 e. The van der Waals surface area contributed by atoms with Crippen molar-refractivity contribution in [3.8, 4) is 5.75 Å². The van der Waals surface area contributed by atoms with Crippen LogP contribution in [0.4, 0.5) is 10.1 Å². The number of hydrogen-bond donors (Lipinski definition) is 1. The van der Waals surface area contributed by atoms with Gasteiger partial charge in [-0.3, -0.25) is 9.59 Å². The van der Waals surface area contributed by atoms with Crippen LogP contribution < -0.4 is 10.1 Å². The van der Waals surface area contributed by atoms with E-state index in [4.69, 9.17) is 4.74 Å². The lowest BCUT2D eigenvalue weighted by atomic mass is 10.1. The Morgan fingerprint density at radius 1 is 1.06 bits per heavy atom. The average Bonchev–Trinajstić information content (AvgIpc) is 2.90. The molecule has 1 heterocycles. The second-order valence-electron chi connectivity index (χ2n) is 7.93. The van der Waals surface area contributed by atoms with Gasteiger partial charge in [0.05, 0.1) is 6.42 Å². The predicted octanol–water partition coefficient (Wildman–Crippen LogP) is 4.36. The highest BCUT2D eigenvalue weighted by atomic mass is 19.1. The lowest BCUT2D eigenvalue weighted by Gasteiger charge is -2.22. The topological polar surface area (TPSA) is 58.6 Å². The van der Waals surface area contributed by atoms with E-state index in [0.717, 1.165) is 16.7 Å². The number of nitrogens with zero attached hydrogens (tertiary/aromatic N) is 1. The van der Waals surface area contributed by atoms with Crippen LogP contribution in [-0.2, 0) is 29.0 Å². The lowest BCUT2D eigenvalue weighted by Crippen LogP contribution is -2.39. The maximum absolute atomic E-state index is 13.2. The van der Waals surface area contributed by atoms with Crippen molar-refractivity contribution in [2.24, 2.45) is 0 Å². The van der Waals surface area contributed by atoms with Crippen molar-refractivity contribution in [1.82, 2.24) is 4.90 Å². The molecule has 1 aliphatic heterocycles. The van der Waals surface area contributed by atoms with E-state index in [1.807, 2.05) is 36.4 Å². The number of benzene rings is 3. The molecule has 0 saturated carbocycles. The van der Waals surface area contributed by atoms with E-state index in [-0.39, 0.29) is 24.1 Å². The van der Waals surface area contributed by atoms with Crippen LogP contribution in [0.5, 0.6) is 5.75 Å². The third kappa shape index (κ3) is 5.32. The summed E-state index contributed by atoms with van der Waals surface area (Å²) in [7, 11) is 0. The molecule has 0 radical (unpaired) electrons. The second-order valence-corrected chi connectivity index (χ2v) is 7.93. The fourth-order valence-electron chi connectivity index (χ4n) is 3.77. The summed E-state index contributed by atoms with van der Waals surface area (Å²) in [4.78, 5) is 27.0. The molecular formula is C26H25FN2O3. The van der Waals surface area contributed by atoms with Gasteiger partial charge in [0.25, 0.3) is 5.91 Å². The molecule has 0 bridgehead atoms. The summed E-state index contributed by atoms with van der Waals surface area (Å²) in [5, 5.41) is 2.93. The van der Waals surface area contributed by atoms with E-state index in [1.165, 1.54) is 12.1 Å². The molecule has 0 saturated heterocycles. The van der Waals surface area contributed by atoms with Crippen LogP contribution >= 0.6 is 0 Å². The maximum atomic E-state index is 13.2. The highest BCUT2D eigenvalue weighted by Gasteiger charge is 2.27. The fourth-order valence-corrected chi connectivity index (χ4v) is 3.77. The highest BCUT2D eigenvalue weighted by Crippen LogP contribution is 2.29. The molecule has 1 unspecified atom stereocenters. The average molecular weight is 432 g/mol. The summed E-state index contributed by atoms with van der Waals surface area (Å²) in [6.07, 6.45) is 0.290. The number of carbonyl (C=O) groups excluding carboxylic acids is 2. The molecule has 1 aliphatic rings. The minimum absolute atomic E-state index is 0.0991. The standard InChI is InChI=1S/C26H25FN2O3/c1-18-26(31)29(14-13-19-7-9-22(27)10-8-19)17-21-16-23(11-12-24(21)32-18)28-25(30)15-20-5-3-2-4-6-20/h2-12,16,18H,13-15,17H2,1H3,(H,28,30). The molecule has 3 aromatic carbocycles. The van der Waals surface area contributed by atoms with Crippen molar-refractivity contribution in [3.05, 3.63) is 95.3 Å². The second kappa shape index (κ2) is 9.64. The molecule has 5 nitrogen and oxygen atoms in total. The summed E-state index contributed by atoms with van der Waals surface area (Å²) >= 11 is 0. The number of fused-ring (bicyclic) bond motifs is 1. The van der Waals surface area contributed by atoms with E-state index in [9.17, 15) is 14.0 Å². The van der Waals surface area contributed by atoms with Crippen LogP contribution in [0.1, 0.15) is 23.6 Å². The summed E-state index contributed by atoms with van der Waals surface area (Å²) in [6, 6.07) is 21.3. The van der Waals surface area contributed by atoms with Crippen molar-refractivity contribution in [2.45, 2.75) is 32.4 Å². The molecule has 0 aromatic heterocycles. The molecule has 0 aliphatic carbocycles. The Morgan fingerprint density at radius 2 is 1.81 bits per heavy atom. The molecule has 164 valence electrons. The van der Waals surface area contributed by atoms with Gasteiger partial charge in [-0.1, -0.05) is 42.5 Å². The Labute approximate surface area is 186 Å². The molecule has 0 fully saturated rings. The van der Waals surface area contributed by atoms with Gasteiger partial charge in [0.15, 0.2) is 6.10 Å². The first-order chi connectivity index (χ1) is 15.5. The van der Waals surface area contributed by atoms with Gasteiger partial charge in [-0.15, -0.1) is 0 Å². The van der Waals surface area contributed by atoms with E-state index < -0.39 is 6.10 Å². The lowest BCUT2D eigenvalue weighted by molar-refractivity contribution is -0.137. The summed E-state index contributed by atoms with van der Waals surface area (Å²) in [5.41, 5.74) is 3.39. The minimum Gasteiger partial charge on any atom is -0.481 e. The summed E-state index contributed by atoms with van der Waals surface area (Å²) < 4.78 is 19.0. The van der Waals surface area contributed by atoms with Gasteiger partial charge in [0.1, 0.15) is 11.6 Å². The molecule has 32 heavy (non-hydrogen) atoms. The van der Waals surface area contributed by atoms with Crippen LogP contribution in [-0.4, -0.2) is 29.4 Å². The Balaban J connectivity index is 1.46. The van der Waals surface area contributed by atoms with E-state index >= 15 is 0 Å². The van der Waals surface area contributed by atoms with Crippen LogP contribution in [0.25, 0.3) is 0 Å². The Bertz CT molecular complexity index is 1100. The Hall–Kier alpha value is -3.67. The van der Waals surface area contributed by atoms with E-state index in [2.05, 4.69) is 5.32 Å². The quantitative estimate of drug-likeness (QED) is 0.630. The zero-order valence-corrected chi connectivity index (χ0v) is 17.9. The number of amides is 2. The molecule has 1 atom stereocenters. The molecule has 3 aromatic rings. The SMILES string of the molecule is CC1Oc2ccc(NC(=O)Cc3ccccc3)cc2CN(CCc2ccc(F)cc2)C1=O. The maximum Gasteiger partial charge on any atom is 0.263 e. The van der Waals surface area contributed by atoms with Gasteiger partial charge in [-0.2, -0.15) is 0 Å². The van der Waals surface area contributed by atoms with E-state index in [0.29, 0.717) is 30.9 Å².